The van der Waals surface area contributed by atoms with Crippen molar-refractivity contribution in [2.24, 2.45) is 5.73 Å². The first-order chi connectivity index (χ1) is 8.74. The van der Waals surface area contributed by atoms with Gasteiger partial charge in [-0.3, -0.25) is 4.79 Å². The molecule has 0 spiro atoms. The first kappa shape index (κ1) is 12.3. The van der Waals surface area contributed by atoms with E-state index in [0.29, 0.717) is 5.56 Å². The van der Waals surface area contributed by atoms with E-state index in [1.807, 2.05) is 42.5 Å². The van der Waals surface area contributed by atoms with Gasteiger partial charge >= 0.3 is 0 Å². The van der Waals surface area contributed by atoms with Crippen LogP contribution in [0.1, 0.15) is 10.4 Å². The average Bonchev–Trinajstić information content (AvgIpc) is 2.46. The Labute approximate surface area is 106 Å². The molecular weight excluding hydrogens is 226 g/mol. The van der Waals surface area contributed by atoms with E-state index in [1.165, 1.54) is 0 Å². The van der Waals surface area contributed by atoms with Crippen molar-refractivity contribution in [3.8, 4) is 16.9 Å². The van der Waals surface area contributed by atoms with E-state index in [9.17, 15) is 4.79 Å². The molecule has 0 unspecified atom stereocenters. The predicted octanol–water partition coefficient (Wildman–Crippen LogP) is 2.50. The van der Waals surface area contributed by atoms with Gasteiger partial charge in [-0.2, -0.15) is 0 Å². The second kappa shape index (κ2) is 5.47. The fourth-order valence-corrected chi connectivity index (χ4v) is 1.77. The highest BCUT2D eigenvalue weighted by molar-refractivity contribution is 5.98. The number of carbonyl (C=O) groups is 1. The van der Waals surface area contributed by atoms with E-state index in [4.69, 9.17) is 10.5 Å². The number of ketones is 1. The third-order valence-corrected chi connectivity index (χ3v) is 2.79. The predicted molar refractivity (Wildman–Crippen MR) is 71.8 cm³/mol. The largest absolute Gasteiger partial charge is 0.497 e. The molecule has 2 aromatic rings. The van der Waals surface area contributed by atoms with Crippen LogP contribution >= 0.6 is 0 Å². The van der Waals surface area contributed by atoms with Gasteiger partial charge in [0.25, 0.3) is 0 Å². The minimum absolute atomic E-state index is 0.0338. The maximum Gasteiger partial charge on any atom is 0.176 e. The third kappa shape index (κ3) is 2.57. The quantitative estimate of drug-likeness (QED) is 0.837. The van der Waals surface area contributed by atoms with Gasteiger partial charge in [-0.1, -0.05) is 30.3 Å². The molecule has 2 N–H and O–H groups in total. The number of benzene rings is 2. The standard InChI is InChI=1S/C15H15NO2/c1-18-14-7-5-11(6-8-14)12-3-2-4-13(9-12)15(17)10-16/h2-9H,10,16H2,1H3. The molecule has 18 heavy (non-hydrogen) atoms. The van der Waals surface area contributed by atoms with Gasteiger partial charge in [0, 0.05) is 5.56 Å². The van der Waals surface area contributed by atoms with Crippen LogP contribution < -0.4 is 10.5 Å². The van der Waals surface area contributed by atoms with Gasteiger partial charge in [0.15, 0.2) is 5.78 Å². The van der Waals surface area contributed by atoms with Crippen LogP contribution in [0.5, 0.6) is 5.75 Å². The SMILES string of the molecule is COc1ccc(-c2cccc(C(=O)CN)c2)cc1. The summed E-state index contributed by atoms with van der Waals surface area (Å²) in [5.74, 6) is 0.762. The number of ether oxygens (including phenoxy) is 1. The van der Waals surface area contributed by atoms with Gasteiger partial charge in [0.1, 0.15) is 5.75 Å². The van der Waals surface area contributed by atoms with E-state index < -0.39 is 0 Å². The lowest BCUT2D eigenvalue weighted by Crippen LogP contribution is -2.13. The number of hydrogen-bond donors (Lipinski definition) is 1. The normalized spacial score (nSPS) is 10.1. The zero-order valence-electron chi connectivity index (χ0n) is 10.2. The molecule has 3 heteroatoms. The molecule has 0 fully saturated rings. The molecule has 0 saturated carbocycles. The zero-order chi connectivity index (χ0) is 13.0. The number of carbonyl (C=O) groups excluding carboxylic acids is 1. The molecule has 92 valence electrons. The van der Waals surface area contributed by atoms with Crippen molar-refractivity contribution >= 4 is 5.78 Å². The Bertz CT molecular complexity index is 547. The van der Waals surface area contributed by atoms with Crippen LogP contribution in [-0.2, 0) is 0 Å². The molecule has 0 atom stereocenters. The Morgan fingerprint density at radius 1 is 1.11 bits per heavy atom. The fraction of sp³-hybridized carbons (Fsp3) is 0.133. The van der Waals surface area contributed by atoms with Crippen LogP contribution in [0.3, 0.4) is 0 Å². The highest BCUT2D eigenvalue weighted by Crippen LogP contribution is 2.23. The van der Waals surface area contributed by atoms with Crippen LogP contribution in [0.4, 0.5) is 0 Å². The van der Waals surface area contributed by atoms with E-state index in [-0.39, 0.29) is 12.3 Å². The highest BCUT2D eigenvalue weighted by Gasteiger charge is 2.05. The first-order valence-electron chi connectivity index (χ1n) is 5.72. The summed E-state index contributed by atoms with van der Waals surface area (Å²) in [7, 11) is 1.63. The topological polar surface area (TPSA) is 52.3 Å². The van der Waals surface area contributed by atoms with Gasteiger partial charge in [-0.25, -0.2) is 0 Å². The van der Waals surface area contributed by atoms with E-state index in [2.05, 4.69) is 0 Å². The van der Waals surface area contributed by atoms with Crippen molar-refractivity contribution in [3.05, 3.63) is 54.1 Å². The van der Waals surface area contributed by atoms with E-state index >= 15 is 0 Å². The molecule has 0 aliphatic heterocycles. The fourth-order valence-electron chi connectivity index (χ4n) is 1.77. The summed E-state index contributed by atoms with van der Waals surface area (Å²) in [6.07, 6.45) is 0. The molecule has 0 aliphatic carbocycles. The molecule has 0 bridgehead atoms. The second-order valence-corrected chi connectivity index (χ2v) is 3.94. The van der Waals surface area contributed by atoms with Crippen molar-refractivity contribution in [1.82, 2.24) is 0 Å². The summed E-state index contributed by atoms with van der Waals surface area (Å²) < 4.78 is 5.11. The molecule has 0 amide bonds. The summed E-state index contributed by atoms with van der Waals surface area (Å²) in [4.78, 5) is 11.6. The third-order valence-electron chi connectivity index (χ3n) is 2.79. The lowest BCUT2D eigenvalue weighted by molar-refractivity contribution is 0.100. The Hall–Kier alpha value is -2.13. The Kier molecular flexibility index (Phi) is 3.75. The number of nitrogens with two attached hydrogens (primary N) is 1. The summed E-state index contributed by atoms with van der Waals surface area (Å²) in [6, 6.07) is 15.2. The number of Topliss-reactive ketones (excluding diaryl/α,β-unsaturated/α-hetero) is 1. The lowest BCUT2D eigenvalue weighted by Gasteiger charge is -2.05. The minimum Gasteiger partial charge on any atom is -0.497 e. The highest BCUT2D eigenvalue weighted by atomic mass is 16.5. The molecular formula is C15H15NO2. The molecule has 0 heterocycles. The van der Waals surface area contributed by atoms with Crippen molar-refractivity contribution < 1.29 is 9.53 Å². The summed E-state index contributed by atoms with van der Waals surface area (Å²) in [6.45, 7) is 0.0338. The second-order valence-electron chi connectivity index (χ2n) is 3.94. The van der Waals surface area contributed by atoms with Gasteiger partial charge in [-0.05, 0) is 29.3 Å². The maximum absolute atomic E-state index is 11.6. The molecule has 0 radical (unpaired) electrons. The van der Waals surface area contributed by atoms with Crippen molar-refractivity contribution in [2.75, 3.05) is 13.7 Å². The maximum atomic E-state index is 11.6. The first-order valence-corrected chi connectivity index (χ1v) is 5.72. The van der Waals surface area contributed by atoms with Crippen molar-refractivity contribution in [3.63, 3.8) is 0 Å². The van der Waals surface area contributed by atoms with Crippen LogP contribution in [-0.4, -0.2) is 19.4 Å². The van der Waals surface area contributed by atoms with Crippen LogP contribution in [0.2, 0.25) is 0 Å². The number of hydrogen-bond acceptors (Lipinski definition) is 3. The molecule has 2 rings (SSSR count). The van der Waals surface area contributed by atoms with Crippen molar-refractivity contribution in [2.45, 2.75) is 0 Å². The summed E-state index contributed by atoms with van der Waals surface area (Å²) in [5, 5.41) is 0. The van der Waals surface area contributed by atoms with Crippen LogP contribution in [0, 0.1) is 0 Å². The van der Waals surface area contributed by atoms with Gasteiger partial charge in [-0.15, -0.1) is 0 Å². The Balaban J connectivity index is 2.35. The summed E-state index contributed by atoms with van der Waals surface area (Å²) in [5.41, 5.74) is 8.05. The molecule has 0 aliphatic rings. The minimum atomic E-state index is -0.0506. The van der Waals surface area contributed by atoms with Gasteiger partial charge in [0.05, 0.1) is 13.7 Å². The van der Waals surface area contributed by atoms with Gasteiger partial charge < -0.3 is 10.5 Å². The monoisotopic (exact) mass is 241 g/mol. The van der Waals surface area contributed by atoms with Gasteiger partial charge in [0.2, 0.25) is 0 Å². The zero-order valence-corrected chi connectivity index (χ0v) is 10.2. The lowest BCUT2D eigenvalue weighted by atomic mass is 10.0. The van der Waals surface area contributed by atoms with Crippen molar-refractivity contribution in [1.29, 1.82) is 0 Å². The van der Waals surface area contributed by atoms with E-state index in [0.717, 1.165) is 16.9 Å². The molecule has 0 aromatic heterocycles. The Morgan fingerprint density at radius 3 is 2.44 bits per heavy atom. The van der Waals surface area contributed by atoms with Crippen LogP contribution in [0.15, 0.2) is 48.5 Å². The Morgan fingerprint density at radius 2 is 1.83 bits per heavy atom. The van der Waals surface area contributed by atoms with E-state index in [1.54, 1.807) is 13.2 Å². The molecule has 3 nitrogen and oxygen atoms in total. The average molecular weight is 241 g/mol. The number of methoxy groups -OCH3 is 1. The molecule has 0 saturated heterocycles. The smallest absolute Gasteiger partial charge is 0.176 e. The summed E-state index contributed by atoms with van der Waals surface area (Å²) >= 11 is 0. The number of rotatable bonds is 4. The molecule has 2 aromatic carbocycles. The van der Waals surface area contributed by atoms with Crippen LogP contribution in [0.25, 0.3) is 11.1 Å².